The predicted molar refractivity (Wildman–Crippen MR) is 71.6 cm³/mol. The average molecular weight is 247 g/mol. The summed E-state index contributed by atoms with van der Waals surface area (Å²) in [6, 6.07) is 3.60. The fraction of sp³-hybridized carbons (Fsp3) is 0.267. The summed E-state index contributed by atoms with van der Waals surface area (Å²) in [4.78, 5) is 4.23. The van der Waals surface area contributed by atoms with Crippen LogP contribution in [0, 0.1) is 0 Å². The van der Waals surface area contributed by atoms with Crippen LogP contribution in [-0.4, -0.2) is 10.1 Å². The Morgan fingerprint density at radius 2 is 2.28 bits per heavy atom. The first-order valence-corrected chi connectivity index (χ1v) is 5.86. The molecule has 0 aliphatic heterocycles. The number of hydrogen-bond acceptors (Lipinski definition) is 2. The van der Waals surface area contributed by atoms with Crippen molar-refractivity contribution < 1.29 is 9.50 Å². The average Bonchev–Trinajstić information content (AvgIpc) is 2.36. The summed E-state index contributed by atoms with van der Waals surface area (Å²) in [5, 5.41) is 9.23. The molecule has 0 unspecified atom stereocenters. The molecule has 0 aromatic carbocycles. The summed E-state index contributed by atoms with van der Waals surface area (Å²) in [7, 11) is 0. The van der Waals surface area contributed by atoms with Gasteiger partial charge in [0.25, 0.3) is 0 Å². The van der Waals surface area contributed by atoms with Crippen LogP contribution >= 0.6 is 0 Å². The van der Waals surface area contributed by atoms with Gasteiger partial charge in [-0.15, -0.1) is 0 Å². The molecule has 0 fully saturated rings. The summed E-state index contributed by atoms with van der Waals surface area (Å²) in [5.74, 6) is -0.243. The molecule has 0 saturated heterocycles. The van der Waals surface area contributed by atoms with Gasteiger partial charge in [0.05, 0.1) is 18.1 Å². The number of allylic oxidation sites excluding steroid dienone is 6. The molecule has 2 nitrogen and oxygen atoms in total. The molecule has 0 atom stereocenters. The number of rotatable bonds is 5. The van der Waals surface area contributed by atoms with E-state index in [1.54, 1.807) is 12.3 Å². The molecule has 0 bridgehead atoms. The van der Waals surface area contributed by atoms with E-state index in [-0.39, 0.29) is 12.4 Å². The van der Waals surface area contributed by atoms with Gasteiger partial charge in [-0.2, -0.15) is 0 Å². The number of aliphatic hydroxyl groups is 1. The maximum atomic E-state index is 13.0. The highest BCUT2D eigenvalue weighted by atomic mass is 19.1. The molecule has 0 amide bonds. The van der Waals surface area contributed by atoms with Crippen LogP contribution in [0.25, 0.3) is 0 Å². The molecule has 0 spiro atoms. The van der Waals surface area contributed by atoms with Gasteiger partial charge < -0.3 is 5.11 Å². The van der Waals surface area contributed by atoms with Crippen molar-refractivity contribution >= 4 is 0 Å². The summed E-state index contributed by atoms with van der Waals surface area (Å²) in [6.07, 6.45) is 9.24. The molecular formula is C15H18FNO. The van der Waals surface area contributed by atoms with Gasteiger partial charge in [0.15, 0.2) is 0 Å². The predicted octanol–water partition coefficient (Wildman–Crippen LogP) is 3.49. The van der Waals surface area contributed by atoms with Gasteiger partial charge in [0, 0.05) is 12.6 Å². The van der Waals surface area contributed by atoms with E-state index in [1.165, 1.54) is 13.0 Å². The zero-order valence-corrected chi connectivity index (χ0v) is 10.7. The highest BCUT2D eigenvalue weighted by molar-refractivity contribution is 5.32. The van der Waals surface area contributed by atoms with E-state index in [1.807, 2.05) is 31.2 Å². The second-order valence-electron chi connectivity index (χ2n) is 3.94. The van der Waals surface area contributed by atoms with Crippen LogP contribution in [0.5, 0.6) is 0 Å². The summed E-state index contributed by atoms with van der Waals surface area (Å²) in [5.41, 5.74) is 2.36. The third-order valence-electron chi connectivity index (χ3n) is 2.41. The van der Waals surface area contributed by atoms with Gasteiger partial charge in [-0.25, -0.2) is 4.39 Å². The van der Waals surface area contributed by atoms with Crippen LogP contribution in [0.15, 0.2) is 54.0 Å². The van der Waals surface area contributed by atoms with E-state index in [0.717, 1.165) is 16.8 Å². The van der Waals surface area contributed by atoms with E-state index in [4.69, 9.17) is 0 Å². The molecular weight excluding hydrogens is 229 g/mol. The van der Waals surface area contributed by atoms with Crippen molar-refractivity contribution in [1.29, 1.82) is 0 Å². The first-order chi connectivity index (χ1) is 8.67. The minimum absolute atomic E-state index is 0.0572. The monoisotopic (exact) mass is 247 g/mol. The number of aliphatic hydroxyl groups excluding tert-OH is 1. The van der Waals surface area contributed by atoms with Crippen molar-refractivity contribution in [1.82, 2.24) is 4.98 Å². The molecule has 96 valence electrons. The van der Waals surface area contributed by atoms with Crippen molar-refractivity contribution in [2.45, 2.75) is 26.9 Å². The lowest BCUT2D eigenvalue weighted by atomic mass is 10.0. The highest BCUT2D eigenvalue weighted by Crippen LogP contribution is 2.14. The van der Waals surface area contributed by atoms with Gasteiger partial charge >= 0.3 is 0 Å². The van der Waals surface area contributed by atoms with Crippen LogP contribution in [0.1, 0.15) is 25.1 Å². The van der Waals surface area contributed by atoms with E-state index in [2.05, 4.69) is 4.98 Å². The Bertz CT molecular complexity index is 471. The molecule has 1 aromatic rings. The number of pyridine rings is 1. The van der Waals surface area contributed by atoms with Gasteiger partial charge in [-0.05, 0) is 37.1 Å². The standard InChI is InChI=1S/C15H18FNO/c1-3-4-6-13(9-12(2)16)10-15-14(11-18)7-5-8-17-15/h3-9,18H,10-11H2,1-2H3/b4-3-,12-9+,13-6+. The fourth-order valence-electron chi connectivity index (χ4n) is 1.60. The molecule has 0 radical (unpaired) electrons. The molecule has 1 rings (SSSR count). The first-order valence-electron chi connectivity index (χ1n) is 5.86. The molecule has 1 aromatic heterocycles. The first kappa shape index (κ1) is 14.3. The Balaban J connectivity index is 2.99. The Labute approximate surface area is 107 Å². The third kappa shape index (κ3) is 4.63. The lowest BCUT2D eigenvalue weighted by Crippen LogP contribution is -1.99. The quantitative estimate of drug-likeness (QED) is 0.808. The maximum absolute atomic E-state index is 13.0. The maximum Gasteiger partial charge on any atom is 0.0971 e. The van der Waals surface area contributed by atoms with E-state index < -0.39 is 0 Å². The minimum atomic E-state index is -0.243. The number of nitrogens with zero attached hydrogens (tertiary/aromatic N) is 1. The van der Waals surface area contributed by atoms with Gasteiger partial charge in [-0.1, -0.05) is 24.3 Å². The van der Waals surface area contributed by atoms with Gasteiger partial charge in [0.2, 0.25) is 0 Å². The molecule has 0 saturated carbocycles. The van der Waals surface area contributed by atoms with Crippen molar-refractivity contribution in [3.63, 3.8) is 0 Å². The largest absolute Gasteiger partial charge is 0.392 e. The van der Waals surface area contributed by atoms with E-state index >= 15 is 0 Å². The lowest BCUT2D eigenvalue weighted by molar-refractivity contribution is 0.280. The SMILES string of the molecule is C\C=C/C=C(\C=C(/C)F)Cc1ncccc1CO. The Morgan fingerprint density at radius 1 is 1.50 bits per heavy atom. The Morgan fingerprint density at radius 3 is 2.89 bits per heavy atom. The number of halogens is 1. The van der Waals surface area contributed by atoms with Gasteiger partial charge in [0.1, 0.15) is 0 Å². The van der Waals surface area contributed by atoms with E-state index in [0.29, 0.717) is 6.42 Å². The van der Waals surface area contributed by atoms with Crippen LogP contribution in [-0.2, 0) is 13.0 Å². The summed E-state index contributed by atoms with van der Waals surface area (Å²) in [6.45, 7) is 3.26. The second-order valence-corrected chi connectivity index (χ2v) is 3.94. The molecule has 0 aliphatic carbocycles. The number of aromatic nitrogens is 1. The third-order valence-corrected chi connectivity index (χ3v) is 2.41. The van der Waals surface area contributed by atoms with Crippen LogP contribution in [0.2, 0.25) is 0 Å². The number of hydrogen-bond donors (Lipinski definition) is 1. The minimum Gasteiger partial charge on any atom is -0.392 e. The van der Waals surface area contributed by atoms with Crippen molar-refractivity contribution in [3.05, 3.63) is 65.3 Å². The second kappa shape index (κ2) is 7.56. The van der Waals surface area contributed by atoms with Crippen LogP contribution < -0.4 is 0 Å². The fourth-order valence-corrected chi connectivity index (χ4v) is 1.60. The Hall–Kier alpha value is -1.74. The molecule has 0 aliphatic rings. The van der Waals surface area contributed by atoms with Crippen molar-refractivity contribution in [2.75, 3.05) is 0 Å². The van der Waals surface area contributed by atoms with Crippen molar-refractivity contribution in [2.24, 2.45) is 0 Å². The lowest BCUT2D eigenvalue weighted by Gasteiger charge is -2.06. The smallest absolute Gasteiger partial charge is 0.0971 e. The highest BCUT2D eigenvalue weighted by Gasteiger charge is 2.04. The zero-order chi connectivity index (χ0) is 13.4. The Kier molecular flexibility index (Phi) is 6.01. The molecule has 1 N–H and O–H groups in total. The van der Waals surface area contributed by atoms with Crippen LogP contribution in [0.4, 0.5) is 4.39 Å². The molecule has 1 heterocycles. The van der Waals surface area contributed by atoms with Crippen LogP contribution in [0.3, 0.4) is 0 Å². The summed E-state index contributed by atoms with van der Waals surface area (Å²) < 4.78 is 13.0. The molecule has 18 heavy (non-hydrogen) atoms. The van der Waals surface area contributed by atoms with E-state index in [9.17, 15) is 9.50 Å². The topological polar surface area (TPSA) is 33.1 Å². The normalized spacial score (nSPS) is 13.3. The zero-order valence-electron chi connectivity index (χ0n) is 10.7. The van der Waals surface area contributed by atoms with Gasteiger partial charge in [-0.3, -0.25) is 4.98 Å². The van der Waals surface area contributed by atoms with Crippen molar-refractivity contribution in [3.8, 4) is 0 Å². The summed E-state index contributed by atoms with van der Waals surface area (Å²) >= 11 is 0. The molecule has 3 heteroatoms.